The summed E-state index contributed by atoms with van der Waals surface area (Å²) >= 11 is 0. The van der Waals surface area contributed by atoms with Gasteiger partial charge in [-0.3, -0.25) is 9.59 Å². The van der Waals surface area contributed by atoms with Crippen molar-refractivity contribution < 1.29 is 34.1 Å². The second kappa shape index (κ2) is 25.8. The average Bonchev–Trinajstić information content (AvgIpc) is 3.32. The SMILES string of the molecule is Cc1cccc(C)c1OCC(=O)N[C@@H](Cc1ccccc1)[C@@H](O)C[C@H](Cc1ccccc1)NC(=O)N[C@@H](Cc1ccccc1)C[C@H](O)[C@H](Cc1ccccc1)NC(=O)COc1c(C)cccc1C. The average molecular weight is 919 g/mol. The van der Waals surface area contributed by atoms with Crippen LogP contribution < -0.4 is 30.7 Å². The fourth-order valence-corrected chi connectivity index (χ4v) is 8.64. The molecule has 0 saturated carbocycles. The molecule has 0 aromatic heterocycles. The minimum absolute atomic E-state index is 0.110. The van der Waals surface area contributed by atoms with Gasteiger partial charge in [0, 0.05) is 12.1 Å². The molecule has 0 radical (unpaired) electrons. The maximum atomic E-state index is 14.3. The molecule has 0 unspecified atom stereocenters. The van der Waals surface area contributed by atoms with Gasteiger partial charge in [-0.25, -0.2) is 4.79 Å². The third kappa shape index (κ3) is 16.1. The molecule has 0 fully saturated rings. The Morgan fingerprint density at radius 2 is 0.706 bits per heavy atom. The van der Waals surface area contributed by atoms with Crippen molar-refractivity contribution in [1.29, 1.82) is 0 Å². The zero-order valence-corrected chi connectivity index (χ0v) is 39.6. The number of amides is 4. The van der Waals surface area contributed by atoms with Gasteiger partial charge in [0.25, 0.3) is 11.8 Å². The van der Waals surface area contributed by atoms with Crippen LogP contribution in [0.5, 0.6) is 11.5 Å². The predicted molar refractivity (Wildman–Crippen MR) is 268 cm³/mol. The highest BCUT2D eigenvalue weighted by Crippen LogP contribution is 2.24. The first-order chi connectivity index (χ1) is 32.9. The molecule has 6 aromatic carbocycles. The fourth-order valence-electron chi connectivity index (χ4n) is 8.64. The largest absolute Gasteiger partial charge is 0.483 e. The Labute approximate surface area is 401 Å². The van der Waals surface area contributed by atoms with Crippen LogP contribution in [0.2, 0.25) is 0 Å². The smallest absolute Gasteiger partial charge is 0.315 e. The lowest BCUT2D eigenvalue weighted by Gasteiger charge is -2.30. The molecule has 11 nitrogen and oxygen atoms in total. The molecule has 6 N–H and O–H groups in total. The Bertz CT molecular complexity index is 2280. The van der Waals surface area contributed by atoms with E-state index >= 15 is 0 Å². The molecule has 0 saturated heterocycles. The van der Waals surface area contributed by atoms with Crippen molar-refractivity contribution in [3.8, 4) is 11.5 Å². The molecular weight excluding hydrogens is 853 g/mol. The Kier molecular flexibility index (Phi) is 19.2. The van der Waals surface area contributed by atoms with E-state index in [1.54, 1.807) is 0 Å². The van der Waals surface area contributed by atoms with Crippen molar-refractivity contribution in [2.45, 2.75) is 103 Å². The zero-order valence-electron chi connectivity index (χ0n) is 39.6. The molecule has 0 aliphatic carbocycles. The van der Waals surface area contributed by atoms with Gasteiger partial charge in [-0.2, -0.15) is 0 Å². The molecule has 6 atom stereocenters. The maximum absolute atomic E-state index is 14.3. The van der Waals surface area contributed by atoms with Gasteiger partial charge in [-0.1, -0.05) is 158 Å². The second-order valence-electron chi connectivity index (χ2n) is 17.7. The molecule has 0 bridgehead atoms. The summed E-state index contributed by atoms with van der Waals surface area (Å²) in [4.78, 5) is 41.3. The normalized spacial score (nSPS) is 13.7. The molecule has 11 heteroatoms. The molecule has 0 spiro atoms. The summed E-state index contributed by atoms with van der Waals surface area (Å²) in [6.07, 6.45) is -0.443. The molecule has 0 aliphatic rings. The van der Waals surface area contributed by atoms with Crippen LogP contribution in [-0.4, -0.2) is 77.6 Å². The summed E-state index contributed by atoms with van der Waals surface area (Å²) in [6.45, 7) is 7.25. The molecular formula is C57H66N4O7. The van der Waals surface area contributed by atoms with Crippen LogP contribution in [0.1, 0.15) is 57.3 Å². The van der Waals surface area contributed by atoms with Crippen LogP contribution >= 0.6 is 0 Å². The van der Waals surface area contributed by atoms with E-state index in [4.69, 9.17) is 9.47 Å². The Hall–Kier alpha value is -6.95. The highest BCUT2D eigenvalue weighted by molar-refractivity contribution is 5.78. The van der Waals surface area contributed by atoms with Gasteiger partial charge in [0.05, 0.1) is 24.3 Å². The van der Waals surface area contributed by atoms with Crippen LogP contribution in [-0.2, 0) is 35.3 Å². The van der Waals surface area contributed by atoms with Crippen molar-refractivity contribution in [3.05, 3.63) is 202 Å². The van der Waals surface area contributed by atoms with Gasteiger partial charge in [0.1, 0.15) is 11.5 Å². The van der Waals surface area contributed by atoms with Gasteiger partial charge in [-0.05, 0) is 111 Å². The number of carbonyl (C=O) groups is 3. The summed E-state index contributed by atoms with van der Waals surface area (Å²) in [5, 5.41) is 36.4. The number of rotatable bonds is 24. The Balaban J connectivity index is 1.18. The first-order valence-electron chi connectivity index (χ1n) is 23.5. The van der Waals surface area contributed by atoms with E-state index in [0.29, 0.717) is 37.2 Å². The molecule has 68 heavy (non-hydrogen) atoms. The number of nitrogens with one attached hydrogen (secondary N) is 4. The number of ether oxygens (including phenoxy) is 2. The van der Waals surface area contributed by atoms with Crippen molar-refractivity contribution in [3.63, 3.8) is 0 Å². The van der Waals surface area contributed by atoms with Crippen LogP contribution in [0.4, 0.5) is 4.79 Å². The van der Waals surface area contributed by atoms with Gasteiger partial charge >= 0.3 is 6.03 Å². The van der Waals surface area contributed by atoms with Crippen LogP contribution in [0, 0.1) is 27.7 Å². The van der Waals surface area contributed by atoms with Crippen molar-refractivity contribution in [1.82, 2.24) is 21.3 Å². The maximum Gasteiger partial charge on any atom is 0.315 e. The van der Waals surface area contributed by atoms with Crippen LogP contribution in [0.25, 0.3) is 0 Å². The van der Waals surface area contributed by atoms with Gasteiger partial charge in [0.2, 0.25) is 0 Å². The van der Waals surface area contributed by atoms with E-state index in [2.05, 4.69) is 21.3 Å². The molecule has 0 aliphatic heterocycles. The van der Waals surface area contributed by atoms with Gasteiger partial charge in [0.15, 0.2) is 13.2 Å². The van der Waals surface area contributed by atoms with E-state index in [9.17, 15) is 24.6 Å². The first kappa shape index (κ1) is 50.5. The first-order valence-corrected chi connectivity index (χ1v) is 23.5. The highest BCUT2D eigenvalue weighted by Gasteiger charge is 2.30. The molecule has 356 valence electrons. The lowest BCUT2D eigenvalue weighted by molar-refractivity contribution is -0.125. The van der Waals surface area contributed by atoms with Crippen molar-refractivity contribution in [2.75, 3.05) is 13.2 Å². The molecule has 6 rings (SSSR count). The van der Waals surface area contributed by atoms with E-state index in [1.807, 2.05) is 185 Å². The van der Waals surface area contributed by atoms with E-state index in [-0.39, 0.29) is 37.9 Å². The topological polar surface area (TPSA) is 158 Å². The minimum Gasteiger partial charge on any atom is -0.483 e. The number of carbonyl (C=O) groups excluding carboxylic acids is 3. The fraction of sp³-hybridized carbons (Fsp3) is 0.316. The summed E-state index contributed by atoms with van der Waals surface area (Å²) in [5.41, 5.74) is 7.43. The number of urea groups is 1. The van der Waals surface area contributed by atoms with Gasteiger partial charge < -0.3 is 41.0 Å². The number of aliphatic hydroxyl groups excluding tert-OH is 2. The van der Waals surface area contributed by atoms with Crippen molar-refractivity contribution in [2.24, 2.45) is 0 Å². The lowest BCUT2D eigenvalue weighted by Crippen LogP contribution is -2.53. The Morgan fingerprint density at radius 1 is 0.412 bits per heavy atom. The van der Waals surface area contributed by atoms with Crippen LogP contribution in [0.3, 0.4) is 0 Å². The zero-order chi connectivity index (χ0) is 48.3. The summed E-state index contributed by atoms with van der Waals surface area (Å²) in [5.74, 6) is 0.537. The lowest BCUT2D eigenvalue weighted by atomic mass is 9.93. The predicted octanol–water partition coefficient (Wildman–Crippen LogP) is 7.86. The van der Waals surface area contributed by atoms with Crippen LogP contribution in [0.15, 0.2) is 158 Å². The number of aryl methyl sites for hydroxylation is 4. The third-order valence-electron chi connectivity index (χ3n) is 12.1. The second-order valence-corrected chi connectivity index (χ2v) is 17.7. The summed E-state index contributed by atoms with van der Waals surface area (Å²) < 4.78 is 12.0. The van der Waals surface area contributed by atoms with E-state index in [1.165, 1.54) is 0 Å². The highest BCUT2D eigenvalue weighted by atomic mass is 16.5. The van der Waals surface area contributed by atoms with Crippen molar-refractivity contribution >= 4 is 17.8 Å². The monoisotopic (exact) mass is 918 g/mol. The summed E-state index contributed by atoms with van der Waals surface area (Å²) in [6, 6.07) is 47.2. The van der Waals surface area contributed by atoms with E-state index in [0.717, 1.165) is 44.5 Å². The quantitative estimate of drug-likeness (QED) is 0.0361. The Morgan fingerprint density at radius 3 is 1.01 bits per heavy atom. The number of benzene rings is 6. The standard InChI is InChI=1S/C57H66N4O7/c1-39-19-17-20-40(2)55(39)67-37-53(64)60-49(33-45-27-13-7-14-28-45)51(62)35-47(31-43-23-9-5-10-24-43)58-57(66)59-48(32-44-25-11-6-12-26-44)36-52(63)50(34-46-29-15-8-16-30-46)61-54(65)38-68-56-41(3)21-18-22-42(56)4/h5-30,47-52,62-63H,31-38H2,1-4H3,(H,60,64)(H,61,65)(H2,58,59,66)/t47-,48-,49-,50-,51-,52-/m0/s1. The molecule has 0 heterocycles. The van der Waals surface area contributed by atoms with Gasteiger partial charge in [-0.15, -0.1) is 0 Å². The number of para-hydroxylation sites is 2. The molecule has 6 aromatic rings. The molecule has 4 amide bonds. The third-order valence-corrected chi connectivity index (χ3v) is 12.1. The number of hydrogen-bond acceptors (Lipinski definition) is 7. The number of aliphatic hydroxyl groups is 2. The minimum atomic E-state index is -1.07. The summed E-state index contributed by atoms with van der Waals surface area (Å²) in [7, 11) is 0. The number of hydrogen-bond donors (Lipinski definition) is 6. The van der Waals surface area contributed by atoms with E-state index < -0.39 is 42.4 Å².